The third-order valence-corrected chi connectivity index (χ3v) is 6.62. The summed E-state index contributed by atoms with van der Waals surface area (Å²) in [5.74, 6) is 0.439. The number of fused-ring (bicyclic) bond motifs is 1. The minimum absolute atomic E-state index is 0.143. The summed E-state index contributed by atoms with van der Waals surface area (Å²) in [6.45, 7) is 9.19. The fraction of sp³-hybridized carbons (Fsp3) is 0.321. The third-order valence-electron chi connectivity index (χ3n) is 6.62. The molecule has 192 valence electrons. The minimum atomic E-state index is -0.143. The molecule has 2 aromatic heterocycles. The molecular weight excluding hydrogens is 464 g/mol. The Bertz CT molecular complexity index is 1450. The van der Waals surface area contributed by atoms with Crippen LogP contribution < -0.4 is 15.8 Å². The molecule has 3 heterocycles. The van der Waals surface area contributed by atoms with Gasteiger partial charge in [0.25, 0.3) is 5.56 Å². The second-order valence-electron chi connectivity index (χ2n) is 9.79. The van der Waals surface area contributed by atoms with E-state index < -0.39 is 0 Å². The second-order valence-corrected chi connectivity index (χ2v) is 9.79. The van der Waals surface area contributed by atoms with Crippen molar-refractivity contribution in [2.75, 3.05) is 57.5 Å². The Hall–Kier alpha value is -3.95. The largest absolute Gasteiger partial charge is 0.369 e. The van der Waals surface area contributed by atoms with Crippen LogP contribution in [0.3, 0.4) is 0 Å². The van der Waals surface area contributed by atoms with Crippen molar-refractivity contribution in [3.63, 3.8) is 0 Å². The Balaban J connectivity index is 1.47. The smallest absolute Gasteiger partial charge is 0.278 e. The van der Waals surface area contributed by atoms with E-state index in [1.807, 2.05) is 43.0 Å². The van der Waals surface area contributed by atoms with Crippen molar-refractivity contribution in [2.45, 2.75) is 13.1 Å². The zero-order chi connectivity index (χ0) is 25.9. The molecule has 0 spiro atoms. The first-order valence-corrected chi connectivity index (χ1v) is 12.6. The van der Waals surface area contributed by atoms with Crippen LogP contribution in [0.4, 0.5) is 17.3 Å². The van der Waals surface area contributed by atoms with E-state index in [9.17, 15) is 4.79 Å². The Morgan fingerprint density at radius 1 is 1.05 bits per heavy atom. The summed E-state index contributed by atoms with van der Waals surface area (Å²) < 4.78 is 3.51. The van der Waals surface area contributed by atoms with Gasteiger partial charge in [-0.15, -0.1) is 6.58 Å². The summed E-state index contributed by atoms with van der Waals surface area (Å²) in [7, 11) is 6.23. The maximum Gasteiger partial charge on any atom is 0.278 e. The fourth-order valence-electron chi connectivity index (χ4n) is 4.74. The number of hydrogen-bond acceptors (Lipinski definition) is 7. The van der Waals surface area contributed by atoms with Gasteiger partial charge in [0.05, 0.1) is 12.2 Å². The van der Waals surface area contributed by atoms with Crippen LogP contribution in [0.15, 0.2) is 72.2 Å². The zero-order valence-electron chi connectivity index (χ0n) is 21.8. The number of nitrogens with zero attached hydrogens (tertiary/aromatic N) is 7. The Morgan fingerprint density at radius 2 is 1.81 bits per heavy atom. The molecule has 2 aromatic carbocycles. The maximum absolute atomic E-state index is 13.2. The molecule has 1 N–H and O–H groups in total. The first-order valence-electron chi connectivity index (χ1n) is 12.6. The molecule has 0 aliphatic carbocycles. The van der Waals surface area contributed by atoms with Crippen molar-refractivity contribution in [1.29, 1.82) is 0 Å². The summed E-state index contributed by atoms with van der Waals surface area (Å²) in [5, 5.41) is 3.78. The van der Waals surface area contributed by atoms with Crippen LogP contribution >= 0.6 is 0 Å². The van der Waals surface area contributed by atoms with Crippen molar-refractivity contribution < 1.29 is 0 Å². The number of aromatic nitrogens is 4. The van der Waals surface area contributed by atoms with E-state index in [-0.39, 0.29) is 5.56 Å². The highest BCUT2D eigenvalue weighted by Gasteiger charge is 2.18. The molecule has 0 saturated carbocycles. The zero-order valence-corrected chi connectivity index (χ0v) is 21.8. The van der Waals surface area contributed by atoms with E-state index in [0.717, 1.165) is 49.7 Å². The first kappa shape index (κ1) is 24.7. The van der Waals surface area contributed by atoms with Gasteiger partial charge < -0.3 is 20.0 Å². The van der Waals surface area contributed by atoms with E-state index in [2.05, 4.69) is 62.9 Å². The normalized spacial score (nSPS) is 14.4. The predicted octanol–water partition coefficient (Wildman–Crippen LogP) is 3.33. The monoisotopic (exact) mass is 498 g/mol. The minimum Gasteiger partial charge on any atom is -0.369 e. The highest BCUT2D eigenvalue weighted by molar-refractivity contribution is 5.77. The molecule has 1 aliphatic rings. The molecular formula is C28H34N8O. The highest BCUT2D eigenvalue weighted by Crippen LogP contribution is 2.23. The number of benzene rings is 2. The molecule has 9 nitrogen and oxygen atoms in total. The molecule has 0 bridgehead atoms. The molecule has 1 aliphatic heterocycles. The van der Waals surface area contributed by atoms with E-state index in [1.54, 1.807) is 17.0 Å². The summed E-state index contributed by atoms with van der Waals surface area (Å²) in [5.41, 5.74) is 4.54. The lowest BCUT2D eigenvalue weighted by molar-refractivity contribution is 0.313. The summed E-state index contributed by atoms with van der Waals surface area (Å²) >= 11 is 0. The third kappa shape index (κ3) is 5.28. The number of piperazine rings is 1. The van der Waals surface area contributed by atoms with Crippen molar-refractivity contribution >= 4 is 28.4 Å². The number of hydrogen-bond donors (Lipinski definition) is 1. The molecule has 0 radical (unpaired) electrons. The summed E-state index contributed by atoms with van der Waals surface area (Å²) in [6, 6.07) is 16.5. The Morgan fingerprint density at radius 3 is 2.51 bits per heavy atom. The van der Waals surface area contributed by atoms with Gasteiger partial charge in [-0.25, -0.2) is 14.3 Å². The quantitative estimate of drug-likeness (QED) is 0.374. The van der Waals surface area contributed by atoms with Gasteiger partial charge in [-0.1, -0.05) is 18.2 Å². The molecule has 1 saturated heterocycles. The number of allylic oxidation sites excluding steroid dienone is 1. The van der Waals surface area contributed by atoms with E-state index in [1.165, 1.54) is 5.69 Å². The van der Waals surface area contributed by atoms with Gasteiger partial charge in [0, 0.05) is 50.3 Å². The molecule has 9 heteroatoms. The summed E-state index contributed by atoms with van der Waals surface area (Å²) in [4.78, 5) is 29.3. The topological polar surface area (TPSA) is 74.5 Å². The van der Waals surface area contributed by atoms with Crippen LogP contribution in [0.1, 0.15) is 5.56 Å². The van der Waals surface area contributed by atoms with Crippen molar-refractivity contribution in [3.05, 3.63) is 83.3 Å². The average molecular weight is 499 g/mol. The molecule has 0 atom stereocenters. The highest BCUT2D eigenvalue weighted by atomic mass is 16.1. The fourth-order valence-corrected chi connectivity index (χ4v) is 4.74. The van der Waals surface area contributed by atoms with Gasteiger partial charge in [-0.05, 0) is 63.1 Å². The predicted molar refractivity (Wildman–Crippen MR) is 150 cm³/mol. The van der Waals surface area contributed by atoms with E-state index in [4.69, 9.17) is 4.98 Å². The van der Waals surface area contributed by atoms with Crippen LogP contribution in [0.25, 0.3) is 16.7 Å². The van der Waals surface area contributed by atoms with Gasteiger partial charge >= 0.3 is 0 Å². The standard InChI is InChI=1S/C28H34N8O/c1-5-13-35-27(37)25-19-29-28(30-22-9-11-23(12-10-22)34-16-14-33(4)15-17-34)31-26(25)36(35)24-8-6-7-21(18-24)20-32(2)3/h5-12,18-19H,1,13-17,20H2,2-4H3,(H,29,30,31). The van der Waals surface area contributed by atoms with Crippen LogP contribution in [0.5, 0.6) is 0 Å². The SMILES string of the molecule is C=CCn1c(=O)c2cnc(Nc3ccc(N4CCN(C)CC4)cc3)nc2n1-c1cccc(CN(C)C)c1. The molecule has 37 heavy (non-hydrogen) atoms. The van der Waals surface area contributed by atoms with Crippen LogP contribution in [-0.4, -0.2) is 76.5 Å². The molecule has 4 aromatic rings. The summed E-state index contributed by atoms with van der Waals surface area (Å²) in [6.07, 6.45) is 3.32. The molecule has 1 fully saturated rings. The lowest BCUT2D eigenvalue weighted by Crippen LogP contribution is -2.44. The van der Waals surface area contributed by atoms with Crippen molar-refractivity contribution in [1.82, 2.24) is 29.1 Å². The molecule has 5 rings (SSSR count). The molecule has 0 amide bonds. The van der Waals surface area contributed by atoms with Gasteiger partial charge in [0.1, 0.15) is 5.39 Å². The lowest BCUT2D eigenvalue weighted by Gasteiger charge is -2.34. The van der Waals surface area contributed by atoms with Crippen LogP contribution in [0, 0.1) is 0 Å². The van der Waals surface area contributed by atoms with E-state index in [0.29, 0.717) is 23.5 Å². The van der Waals surface area contributed by atoms with Gasteiger partial charge in [0.15, 0.2) is 5.65 Å². The number of likely N-dealkylation sites (N-methyl/N-ethyl adjacent to an activating group) is 1. The number of nitrogens with one attached hydrogen (secondary N) is 1. The van der Waals surface area contributed by atoms with E-state index >= 15 is 0 Å². The maximum atomic E-state index is 13.2. The van der Waals surface area contributed by atoms with Gasteiger partial charge in [-0.3, -0.25) is 4.79 Å². The number of rotatable bonds is 8. The van der Waals surface area contributed by atoms with Gasteiger partial charge in [0.2, 0.25) is 5.95 Å². The Kier molecular flexibility index (Phi) is 7.07. The number of anilines is 3. The lowest BCUT2D eigenvalue weighted by atomic mass is 10.2. The molecule has 0 unspecified atom stereocenters. The average Bonchev–Trinajstić information content (AvgIpc) is 3.16. The van der Waals surface area contributed by atoms with Crippen molar-refractivity contribution in [2.24, 2.45) is 0 Å². The Labute approximate surface area is 217 Å². The second kappa shape index (κ2) is 10.6. The van der Waals surface area contributed by atoms with Crippen LogP contribution in [0.2, 0.25) is 0 Å². The van der Waals surface area contributed by atoms with Crippen molar-refractivity contribution in [3.8, 4) is 5.69 Å². The van der Waals surface area contributed by atoms with Crippen LogP contribution in [-0.2, 0) is 13.1 Å². The van der Waals surface area contributed by atoms with Gasteiger partial charge in [-0.2, -0.15) is 4.98 Å². The first-order chi connectivity index (χ1) is 17.9.